The number of halogens is 1. The van der Waals surface area contributed by atoms with Crippen LogP contribution in [0, 0.1) is 19.7 Å². The largest absolute Gasteiger partial charge is 0.482 e. The van der Waals surface area contributed by atoms with E-state index in [0.29, 0.717) is 5.56 Å². The van der Waals surface area contributed by atoms with Crippen LogP contribution in [0.15, 0.2) is 47.8 Å². The molecular weight excluding hydrogens is 325 g/mol. The minimum Gasteiger partial charge on any atom is -0.482 e. The van der Waals surface area contributed by atoms with E-state index in [-0.39, 0.29) is 18.1 Å². The smallest absolute Gasteiger partial charge is 0.202 e. The van der Waals surface area contributed by atoms with E-state index in [1.807, 2.05) is 31.4 Å². The number of carbonyl (C=O) groups is 1. The molecule has 0 aliphatic carbocycles. The molecule has 124 valence electrons. The fourth-order valence-corrected chi connectivity index (χ4v) is 3.36. The van der Waals surface area contributed by atoms with Crippen LogP contribution in [0.5, 0.6) is 5.75 Å². The van der Waals surface area contributed by atoms with Gasteiger partial charge in [0.2, 0.25) is 5.78 Å². The predicted octanol–water partition coefficient (Wildman–Crippen LogP) is 4.62. The topological polar surface area (TPSA) is 31.2 Å². The number of benzene rings is 1. The van der Waals surface area contributed by atoms with Crippen LogP contribution in [0.3, 0.4) is 0 Å². The molecule has 0 atom stereocenters. The van der Waals surface area contributed by atoms with Gasteiger partial charge in [-0.25, -0.2) is 4.39 Å². The summed E-state index contributed by atoms with van der Waals surface area (Å²) in [6.45, 7) is 4.48. The van der Waals surface area contributed by atoms with Crippen molar-refractivity contribution in [2.45, 2.75) is 20.4 Å². The molecule has 0 radical (unpaired) electrons. The van der Waals surface area contributed by atoms with Crippen molar-refractivity contribution in [3.63, 3.8) is 0 Å². The van der Waals surface area contributed by atoms with E-state index in [0.717, 1.165) is 17.9 Å². The van der Waals surface area contributed by atoms with Gasteiger partial charge < -0.3 is 9.30 Å². The average molecular weight is 343 g/mol. The molecule has 3 nitrogen and oxygen atoms in total. The number of Topliss-reactive ketones (excluding diaryl/α,β-unsaturated/α-hetero) is 1. The van der Waals surface area contributed by atoms with Crippen LogP contribution in [0.2, 0.25) is 0 Å². The molecule has 5 heteroatoms. The first kappa shape index (κ1) is 16.5. The van der Waals surface area contributed by atoms with E-state index < -0.39 is 5.82 Å². The fourth-order valence-electron chi connectivity index (χ4n) is 2.67. The van der Waals surface area contributed by atoms with Crippen molar-refractivity contribution >= 4 is 17.1 Å². The second-order valence-corrected chi connectivity index (χ2v) is 6.62. The highest BCUT2D eigenvalue weighted by Gasteiger charge is 2.17. The zero-order chi connectivity index (χ0) is 17.1. The maximum atomic E-state index is 13.6. The van der Waals surface area contributed by atoms with Crippen molar-refractivity contribution in [1.29, 1.82) is 0 Å². The Bertz CT molecular complexity index is 852. The van der Waals surface area contributed by atoms with Crippen LogP contribution in [0.1, 0.15) is 26.6 Å². The Morgan fingerprint density at radius 3 is 2.71 bits per heavy atom. The third-order valence-electron chi connectivity index (χ3n) is 3.96. The number of hydrogen-bond acceptors (Lipinski definition) is 3. The van der Waals surface area contributed by atoms with E-state index in [9.17, 15) is 9.18 Å². The van der Waals surface area contributed by atoms with Crippen molar-refractivity contribution in [3.05, 3.63) is 75.5 Å². The molecule has 2 aromatic heterocycles. The lowest BCUT2D eigenvalue weighted by Gasteiger charge is -2.09. The summed E-state index contributed by atoms with van der Waals surface area (Å²) in [7, 11) is 0. The van der Waals surface area contributed by atoms with Gasteiger partial charge in [-0.05, 0) is 43.5 Å². The van der Waals surface area contributed by atoms with E-state index in [4.69, 9.17) is 4.74 Å². The first-order valence-electron chi connectivity index (χ1n) is 7.66. The van der Waals surface area contributed by atoms with Crippen LogP contribution in [-0.2, 0) is 6.54 Å². The lowest BCUT2D eigenvalue weighted by molar-refractivity contribution is 0.0918. The highest BCUT2D eigenvalue weighted by molar-refractivity contribution is 7.09. The number of carbonyl (C=O) groups excluding carboxylic acids is 1. The number of aryl methyl sites for hydroxylation is 1. The van der Waals surface area contributed by atoms with Gasteiger partial charge in [0.25, 0.3) is 0 Å². The SMILES string of the molecule is Cc1cc(C(=O)COc2ccccc2F)c(C)n1Cc1cccs1. The Labute approximate surface area is 144 Å². The maximum Gasteiger partial charge on any atom is 0.202 e. The standard InChI is InChI=1S/C19H18FNO2S/c1-13-10-16(14(2)21(13)11-15-6-5-9-24-15)18(22)12-23-19-8-4-3-7-17(19)20/h3-10H,11-12H2,1-2H3. The molecule has 0 aliphatic heterocycles. The number of aromatic nitrogens is 1. The number of thiophene rings is 1. The first-order valence-corrected chi connectivity index (χ1v) is 8.54. The average Bonchev–Trinajstić information content (AvgIpc) is 3.17. The van der Waals surface area contributed by atoms with Gasteiger partial charge in [-0.1, -0.05) is 18.2 Å². The van der Waals surface area contributed by atoms with Gasteiger partial charge in [-0.2, -0.15) is 0 Å². The first-order chi connectivity index (χ1) is 11.6. The quantitative estimate of drug-likeness (QED) is 0.612. The predicted molar refractivity (Wildman–Crippen MR) is 93.6 cm³/mol. The summed E-state index contributed by atoms with van der Waals surface area (Å²) in [6, 6.07) is 12.1. The van der Waals surface area contributed by atoms with Crippen LogP contribution in [0.25, 0.3) is 0 Å². The summed E-state index contributed by atoms with van der Waals surface area (Å²) in [5.74, 6) is -0.518. The molecule has 0 aliphatic rings. The lowest BCUT2D eigenvalue weighted by Crippen LogP contribution is -2.13. The molecule has 0 amide bonds. The summed E-state index contributed by atoms with van der Waals surface area (Å²) >= 11 is 1.69. The highest BCUT2D eigenvalue weighted by atomic mass is 32.1. The van der Waals surface area contributed by atoms with E-state index >= 15 is 0 Å². The fraction of sp³-hybridized carbons (Fsp3) is 0.211. The minimum absolute atomic E-state index is 0.0956. The number of ether oxygens (including phenoxy) is 1. The summed E-state index contributed by atoms with van der Waals surface area (Å²) in [6.07, 6.45) is 0. The van der Waals surface area contributed by atoms with Crippen molar-refractivity contribution in [1.82, 2.24) is 4.57 Å². The van der Waals surface area contributed by atoms with E-state index in [1.165, 1.54) is 17.0 Å². The molecule has 2 heterocycles. The van der Waals surface area contributed by atoms with Gasteiger partial charge in [-0.15, -0.1) is 11.3 Å². The van der Waals surface area contributed by atoms with Crippen LogP contribution >= 0.6 is 11.3 Å². The van der Waals surface area contributed by atoms with Gasteiger partial charge >= 0.3 is 0 Å². The van der Waals surface area contributed by atoms with Crippen molar-refractivity contribution < 1.29 is 13.9 Å². The molecule has 0 bridgehead atoms. The molecule has 0 saturated carbocycles. The van der Waals surface area contributed by atoms with Gasteiger partial charge in [0.15, 0.2) is 18.2 Å². The Balaban J connectivity index is 1.74. The molecule has 0 spiro atoms. The Hall–Kier alpha value is -2.40. The Morgan fingerprint density at radius 1 is 1.21 bits per heavy atom. The van der Waals surface area contributed by atoms with Crippen molar-refractivity contribution in [2.75, 3.05) is 6.61 Å². The van der Waals surface area contributed by atoms with Crippen LogP contribution in [0.4, 0.5) is 4.39 Å². The Morgan fingerprint density at radius 2 is 2.00 bits per heavy atom. The third kappa shape index (κ3) is 3.41. The number of para-hydroxylation sites is 1. The zero-order valence-corrected chi connectivity index (χ0v) is 14.4. The van der Waals surface area contributed by atoms with E-state index in [2.05, 4.69) is 10.6 Å². The van der Waals surface area contributed by atoms with Gasteiger partial charge in [0, 0.05) is 21.8 Å². The molecule has 24 heavy (non-hydrogen) atoms. The monoisotopic (exact) mass is 343 g/mol. The summed E-state index contributed by atoms with van der Waals surface area (Å²) in [4.78, 5) is 13.7. The molecule has 3 aromatic rings. The number of hydrogen-bond donors (Lipinski definition) is 0. The molecule has 3 rings (SSSR count). The van der Waals surface area contributed by atoms with Crippen molar-refractivity contribution in [2.24, 2.45) is 0 Å². The summed E-state index contributed by atoms with van der Waals surface area (Å²) in [5, 5.41) is 2.04. The normalized spacial score (nSPS) is 10.8. The molecule has 0 fully saturated rings. The van der Waals surface area contributed by atoms with E-state index in [1.54, 1.807) is 23.5 Å². The summed E-state index contributed by atoms with van der Waals surface area (Å²) < 4.78 is 21.0. The maximum absolute atomic E-state index is 13.6. The highest BCUT2D eigenvalue weighted by Crippen LogP contribution is 2.21. The molecular formula is C19H18FNO2S. The van der Waals surface area contributed by atoms with Crippen molar-refractivity contribution in [3.8, 4) is 5.75 Å². The van der Waals surface area contributed by atoms with Gasteiger partial charge in [-0.3, -0.25) is 4.79 Å². The second kappa shape index (κ2) is 7.01. The number of rotatable bonds is 6. The second-order valence-electron chi connectivity index (χ2n) is 5.59. The minimum atomic E-state index is -0.464. The van der Waals surface area contributed by atoms with Gasteiger partial charge in [0.05, 0.1) is 6.54 Å². The van der Waals surface area contributed by atoms with Crippen LogP contribution in [-0.4, -0.2) is 17.0 Å². The number of nitrogens with zero attached hydrogens (tertiary/aromatic N) is 1. The number of ketones is 1. The lowest BCUT2D eigenvalue weighted by atomic mass is 10.1. The Kier molecular flexibility index (Phi) is 4.81. The summed E-state index contributed by atoms with van der Waals surface area (Å²) in [5.41, 5.74) is 2.55. The molecule has 0 unspecified atom stereocenters. The molecule has 0 N–H and O–H groups in total. The van der Waals surface area contributed by atoms with Crippen LogP contribution < -0.4 is 4.74 Å². The molecule has 1 aromatic carbocycles. The third-order valence-corrected chi connectivity index (χ3v) is 4.82. The molecule has 0 saturated heterocycles. The van der Waals surface area contributed by atoms with Gasteiger partial charge in [0.1, 0.15) is 0 Å². The zero-order valence-electron chi connectivity index (χ0n) is 13.6.